The quantitative estimate of drug-likeness (QED) is 0.366. The Kier molecular flexibility index (Phi) is 3.23. The minimum absolute atomic E-state index is 0.287. The zero-order valence-corrected chi connectivity index (χ0v) is 8.54. The molecule has 0 atom stereocenters. The van der Waals surface area contributed by atoms with Gasteiger partial charge in [0.25, 0.3) is 0 Å². The van der Waals surface area contributed by atoms with E-state index in [-0.39, 0.29) is 6.79 Å². The molecule has 0 saturated carbocycles. The molecule has 0 bridgehead atoms. The van der Waals surface area contributed by atoms with Gasteiger partial charge in [-0.15, -0.1) is 0 Å². The van der Waals surface area contributed by atoms with Gasteiger partial charge in [-0.1, -0.05) is 29.5 Å². The van der Waals surface area contributed by atoms with E-state index in [2.05, 4.69) is 5.16 Å². The summed E-state index contributed by atoms with van der Waals surface area (Å²) in [5, 5.41) is 11.0. The molecule has 0 radical (unpaired) electrons. The second-order valence-corrected chi connectivity index (χ2v) is 3.12. The Hall–Kier alpha value is -2.23. The summed E-state index contributed by atoms with van der Waals surface area (Å²) in [5.41, 5.74) is 1.02. The molecular weight excluding hydrogens is 206 g/mol. The van der Waals surface area contributed by atoms with Gasteiger partial charge in [0, 0.05) is 0 Å². The fourth-order valence-electron chi connectivity index (χ4n) is 1.34. The van der Waals surface area contributed by atoms with Gasteiger partial charge in [0.15, 0.2) is 11.5 Å². The van der Waals surface area contributed by atoms with Gasteiger partial charge in [0.05, 0.1) is 6.21 Å². The molecule has 1 aliphatic rings. The van der Waals surface area contributed by atoms with E-state index in [1.165, 1.54) is 6.21 Å². The molecule has 0 saturated heterocycles. The van der Waals surface area contributed by atoms with Gasteiger partial charge >= 0.3 is 0 Å². The number of nitrogens with zero attached hydrogens (tertiary/aromatic N) is 1. The van der Waals surface area contributed by atoms with Crippen LogP contribution in [0.2, 0.25) is 0 Å². The van der Waals surface area contributed by atoms with Crippen molar-refractivity contribution >= 4 is 12.3 Å². The highest BCUT2D eigenvalue weighted by atomic mass is 16.7. The first-order chi connectivity index (χ1) is 7.90. The largest absolute Gasteiger partial charge is 0.454 e. The number of fused-ring (bicyclic) bond motifs is 1. The molecule has 1 N–H and O–H groups in total. The standard InChI is InChI=1S/C12H11NO3/c14-13-7-3-1-2-4-10-5-6-11-12(8-10)16-9-15-11/h1-8,14H,9H2. The Labute approximate surface area is 93.1 Å². The van der Waals surface area contributed by atoms with Crippen molar-refractivity contribution < 1.29 is 14.7 Å². The van der Waals surface area contributed by atoms with E-state index >= 15 is 0 Å². The van der Waals surface area contributed by atoms with Gasteiger partial charge < -0.3 is 14.7 Å². The van der Waals surface area contributed by atoms with Crippen LogP contribution in [-0.4, -0.2) is 18.2 Å². The molecule has 1 aliphatic heterocycles. The highest BCUT2D eigenvalue weighted by molar-refractivity contribution is 5.71. The van der Waals surface area contributed by atoms with Crippen LogP contribution in [0.25, 0.3) is 6.08 Å². The van der Waals surface area contributed by atoms with E-state index in [4.69, 9.17) is 14.7 Å². The Morgan fingerprint density at radius 1 is 1.12 bits per heavy atom. The van der Waals surface area contributed by atoms with E-state index in [0.717, 1.165) is 17.1 Å². The predicted molar refractivity (Wildman–Crippen MR) is 61.0 cm³/mol. The minimum Gasteiger partial charge on any atom is -0.454 e. The van der Waals surface area contributed by atoms with Crippen LogP contribution in [-0.2, 0) is 0 Å². The summed E-state index contributed by atoms with van der Waals surface area (Å²) in [6, 6.07) is 5.73. The summed E-state index contributed by atoms with van der Waals surface area (Å²) in [7, 11) is 0. The summed E-state index contributed by atoms with van der Waals surface area (Å²) in [6.07, 6.45) is 8.46. The number of rotatable bonds is 3. The monoisotopic (exact) mass is 217 g/mol. The van der Waals surface area contributed by atoms with Crippen molar-refractivity contribution in [1.29, 1.82) is 0 Å². The molecule has 0 fully saturated rings. The lowest BCUT2D eigenvalue weighted by atomic mass is 10.2. The van der Waals surface area contributed by atoms with Gasteiger partial charge in [0.1, 0.15) is 0 Å². The summed E-state index contributed by atoms with van der Waals surface area (Å²) in [6.45, 7) is 0.287. The smallest absolute Gasteiger partial charge is 0.231 e. The van der Waals surface area contributed by atoms with Crippen molar-refractivity contribution in [1.82, 2.24) is 0 Å². The number of hydrogen-bond acceptors (Lipinski definition) is 4. The first kappa shape index (κ1) is 10.3. The van der Waals surface area contributed by atoms with Crippen LogP contribution in [0.4, 0.5) is 0 Å². The lowest BCUT2D eigenvalue weighted by molar-refractivity contribution is 0.174. The van der Waals surface area contributed by atoms with Crippen molar-refractivity contribution in [2.75, 3.05) is 6.79 Å². The number of hydrogen-bond donors (Lipinski definition) is 1. The Morgan fingerprint density at radius 3 is 2.88 bits per heavy atom. The third-order valence-electron chi connectivity index (χ3n) is 2.06. The van der Waals surface area contributed by atoms with Gasteiger partial charge in [0.2, 0.25) is 6.79 Å². The summed E-state index contributed by atoms with van der Waals surface area (Å²) >= 11 is 0. The van der Waals surface area contributed by atoms with Crippen molar-refractivity contribution in [3.63, 3.8) is 0 Å². The van der Waals surface area contributed by atoms with Crippen LogP contribution >= 0.6 is 0 Å². The van der Waals surface area contributed by atoms with Gasteiger partial charge in [-0.05, 0) is 23.8 Å². The third-order valence-corrected chi connectivity index (χ3v) is 2.06. The van der Waals surface area contributed by atoms with Crippen molar-refractivity contribution in [3.05, 3.63) is 42.0 Å². The zero-order chi connectivity index (χ0) is 11.2. The van der Waals surface area contributed by atoms with Crippen molar-refractivity contribution in [2.45, 2.75) is 0 Å². The first-order valence-corrected chi connectivity index (χ1v) is 4.80. The minimum atomic E-state index is 0.287. The van der Waals surface area contributed by atoms with E-state index in [0.29, 0.717) is 0 Å². The normalized spacial score (nSPS) is 14.5. The zero-order valence-electron chi connectivity index (χ0n) is 8.54. The molecule has 4 heteroatoms. The maximum atomic E-state index is 8.15. The Morgan fingerprint density at radius 2 is 2.00 bits per heavy atom. The molecular formula is C12H11NO3. The summed E-state index contributed by atoms with van der Waals surface area (Å²) in [4.78, 5) is 0. The summed E-state index contributed by atoms with van der Waals surface area (Å²) in [5.74, 6) is 1.54. The predicted octanol–water partition coefficient (Wildman–Crippen LogP) is 2.44. The van der Waals surface area contributed by atoms with Gasteiger partial charge in [-0.3, -0.25) is 0 Å². The van der Waals surface area contributed by atoms with E-state index in [1.807, 2.05) is 30.4 Å². The fourth-order valence-corrected chi connectivity index (χ4v) is 1.34. The van der Waals surface area contributed by atoms with Crippen LogP contribution < -0.4 is 9.47 Å². The average molecular weight is 217 g/mol. The highest BCUT2D eigenvalue weighted by Gasteiger charge is 2.11. The molecule has 4 nitrogen and oxygen atoms in total. The Bertz CT molecular complexity index is 450. The molecule has 0 aliphatic carbocycles. The SMILES string of the molecule is ON=CC=CC=Cc1ccc2c(c1)OCO2. The maximum absolute atomic E-state index is 8.15. The first-order valence-electron chi connectivity index (χ1n) is 4.80. The van der Waals surface area contributed by atoms with Crippen LogP contribution in [0.1, 0.15) is 5.56 Å². The average Bonchev–Trinajstić information content (AvgIpc) is 2.76. The highest BCUT2D eigenvalue weighted by Crippen LogP contribution is 2.32. The van der Waals surface area contributed by atoms with Crippen LogP contribution in [0.5, 0.6) is 11.5 Å². The molecule has 0 aromatic heterocycles. The molecule has 0 spiro atoms. The molecule has 1 aromatic rings. The molecule has 0 unspecified atom stereocenters. The Balaban J connectivity index is 2.05. The number of benzene rings is 1. The van der Waals surface area contributed by atoms with Gasteiger partial charge in [-0.25, -0.2) is 0 Å². The lowest BCUT2D eigenvalue weighted by Gasteiger charge is -1.96. The van der Waals surface area contributed by atoms with E-state index in [1.54, 1.807) is 12.2 Å². The maximum Gasteiger partial charge on any atom is 0.231 e. The molecule has 0 amide bonds. The topological polar surface area (TPSA) is 51.1 Å². The van der Waals surface area contributed by atoms with Crippen LogP contribution in [0.3, 0.4) is 0 Å². The van der Waals surface area contributed by atoms with Crippen LogP contribution in [0, 0.1) is 0 Å². The molecule has 1 aromatic carbocycles. The molecule has 2 rings (SSSR count). The third kappa shape index (κ3) is 2.42. The molecule has 1 heterocycles. The number of oxime groups is 1. The van der Waals surface area contributed by atoms with Crippen molar-refractivity contribution in [3.8, 4) is 11.5 Å². The second kappa shape index (κ2) is 5.02. The van der Waals surface area contributed by atoms with Crippen LogP contribution in [0.15, 0.2) is 41.6 Å². The number of ether oxygens (including phenoxy) is 2. The van der Waals surface area contributed by atoms with Gasteiger partial charge in [-0.2, -0.15) is 0 Å². The van der Waals surface area contributed by atoms with E-state index in [9.17, 15) is 0 Å². The van der Waals surface area contributed by atoms with E-state index < -0.39 is 0 Å². The summed E-state index contributed by atoms with van der Waals surface area (Å²) < 4.78 is 10.5. The molecule has 82 valence electrons. The van der Waals surface area contributed by atoms with Crippen molar-refractivity contribution in [2.24, 2.45) is 5.16 Å². The fraction of sp³-hybridized carbons (Fsp3) is 0.0833. The second-order valence-electron chi connectivity index (χ2n) is 3.12. The lowest BCUT2D eigenvalue weighted by Crippen LogP contribution is -1.92. The molecule has 16 heavy (non-hydrogen) atoms. The number of allylic oxidation sites excluding steroid dienone is 3.